The van der Waals surface area contributed by atoms with Crippen molar-refractivity contribution < 1.29 is 19.1 Å². The molecule has 0 radical (unpaired) electrons. The number of benzene rings is 2. The van der Waals surface area contributed by atoms with Crippen LogP contribution >= 0.6 is 11.8 Å². The number of carbonyl (C=O) groups is 2. The Bertz CT molecular complexity index is 840. The molecule has 2 aromatic rings. The van der Waals surface area contributed by atoms with Gasteiger partial charge in [-0.15, -0.1) is 11.8 Å². The van der Waals surface area contributed by atoms with Crippen LogP contribution in [0.25, 0.3) is 0 Å². The van der Waals surface area contributed by atoms with E-state index in [1.807, 2.05) is 42.5 Å². The van der Waals surface area contributed by atoms with Gasteiger partial charge in [-0.2, -0.15) is 0 Å². The highest BCUT2D eigenvalue weighted by Gasteiger charge is 2.28. The fourth-order valence-corrected chi connectivity index (χ4v) is 3.96. The van der Waals surface area contributed by atoms with Gasteiger partial charge in [-0.1, -0.05) is 18.2 Å². The summed E-state index contributed by atoms with van der Waals surface area (Å²) in [4.78, 5) is 25.4. The topological polar surface area (TPSA) is 76.7 Å². The van der Waals surface area contributed by atoms with E-state index in [0.29, 0.717) is 24.5 Å². The van der Waals surface area contributed by atoms with Crippen molar-refractivity contribution in [1.29, 1.82) is 0 Å². The summed E-state index contributed by atoms with van der Waals surface area (Å²) in [5.41, 5.74) is 1.84. The highest BCUT2D eigenvalue weighted by atomic mass is 32.2. The molecule has 6 nitrogen and oxygen atoms in total. The summed E-state index contributed by atoms with van der Waals surface area (Å²) in [7, 11) is 3.18. The van der Waals surface area contributed by atoms with E-state index in [-0.39, 0.29) is 18.2 Å². The summed E-state index contributed by atoms with van der Waals surface area (Å²) in [6.07, 6.45) is 0.815. The van der Waals surface area contributed by atoms with Crippen molar-refractivity contribution in [2.24, 2.45) is 0 Å². The van der Waals surface area contributed by atoms with Gasteiger partial charge in [-0.05, 0) is 36.2 Å². The molecule has 0 fully saturated rings. The van der Waals surface area contributed by atoms with E-state index in [0.717, 1.165) is 16.1 Å². The van der Waals surface area contributed by atoms with E-state index in [9.17, 15) is 9.59 Å². The summed E-state index contributed by atoms with van der Waals surface area (Å²) < 4.78 is 10.5. The Labute approximate surface area is 162 Å². The summed E-state index contributed by atoms with van der Waals surface area (Å²) in [5.74, 6) is 1.07. The maximum absolute atomic E-state index is 12.2. The molecule has 27 heavy (non-hydrogen) atoms. The second-order valence-corrected chi connectivity index (χ2v) is 7.33. The number of carbonyl (C=O) groups excluding carboxylic acids is 2. The number of fused-ring (bicyclic) bond motifs is 1. The molecule has 1 heterocycles. The van der Waals surface area contributed by atoms with Crippen molar-refractivity contribution in [2.45, 2.75) is 23.0 Å². The number of methoxy groups -OCH3 is 2. The molecule has 0 aliphatic carbocycles. The molecule has 7 heteroatoms. The Morgan fingerprint density at radius 2 is 1.93 bits per heavy atom. The van der Waals surface area contributed by atoms with Crippen LogP contribution in [-0.2, 0) is 16.0 Å². The predicted octanol–water partition coefficient (Wildman–Crippen LogP) is 2.87. The lowest BCUT2D eigenvalue weighted by Gasteiger charge is -2.23. The van der Waals surface area contributed by atoms with Crippen molar-refractivity contribution in [1.82, 2.24) is 5.32 Å². The van der Waals surface area contributed by atoms with Crippen LogP contribution in [-0.4, -0.2) is 37.8 Å². The van der Waals surface area contributed by atoms with Gasteiger partial charge < -0.3 is 20.1 Å². The first-order valence-corrected chi connectivity index (χ1v) is 9.53. The molecular weight excluding hydrogens is 364 g/mol. The fourth-order valence-electron chi connectivity index (χ4n) is 2.85. The third-order valence-corrected chi connectivity index (χ3v) is 5.54. The summed E-state index contributed by atoms with van der Waals surface area (Å²) in [6.45, 7) is 0.490. The molecule has 3 rings (SSSR count). The molecule has 0 spiro atoms. The van der Waals surface area contributed by atoms with Crippen molar-refractivity contribution in [3.05, 3.63) is 48.0 Å². The van der Waals surface area contributed by atoms with Crippen molar-refractivity contribution in [3.63, 3.8) is 0 Å². The van der Waals surface area contributed by atoms with Crippen LogP contribution in [0.4, 0.5) is 5.69 Å². The zero-order valence-corrected chi connectivity index (χ0v) is 16.1. The van der Waals surface area contributed by atoms with Crippen molar-refractivity contribution in [3.8, 4) is 11.5 Å². The number of anilines is 1. The van der Waals surface area contributed by atoms with Crippen molar-refractivity contribution >= 4 is 29.3 Å². The average molecular weight is 386 g/mol. The second-order valence-electron chi connectivity index (χ2n) is 6.09. The van der Waals surface area contributed by atoms with Gasteiger partial charge in [-0.3, -0.25) is 9.59 Å². The molecule has 0 aromatic heterocycles. The largest absolute Gasteiger partial charge is 0.493 e. The minimum atomic E-state index is -0.416. The molecule has 2 N–H and O–H groups in total. The van der Waals surface area contributed by atoms with Crippen LogP contribution < -0.4 is 20.1 Å². The molecule has 1 unspecified atom stereocenters. The SMILES string of the molecule is COc1ccc(CCNC(=O)CC2Sc3ccccc3NC2=O)cc1OC. The maximum atomic E-state index is 12.2. The minimum absolute atomic E-state index is 0.131. The highest BCUT2D eigenvalue weighted by molar-refractivity contribution is 8.01. The van der Waals surface area contributed by atoms with Gasteiger partial charge in [0, 0.05) is 17.9 Å². The van der Waals surface area contributed by atoms with Gasteiger partial charge in [0.25, 0.3) is 0 Å². The number of para-hydroxylation sites is 1. The van der Waals surface area contributed by atoms with E-state index in [1.165, 1.54) is 11.8 Å². The molecule has 0 bridgehead atoms. The summed E-state index contributed by atoms with van der Waals surface area (Å²) >= 11 is 1.43. The van der Waals surface area contributed by atoms with Crippen molar-refractivity contribution in [2.75, 3.05) is 26.1 Å². The zero-order valence-electron chi connectivity index (χ0n) is 15.3. The number of nitrogens with one attached hydrogen (secondary N) is 2. The molecule has 142 valence electrons. The third kappa shape index (κ3) is 4.74. The molecule has 1 aliphatic rings. The number of thioether (sulfide) groups is 1. The second kappa shape index (κ2) is 8.81. The number of ether oxygens (including phenoxy) is 2. The third-order valence-electron chi connectivity index (χ3n) is 4.26. The van der Waals surface area contributed by atoms with Gasteiger partial charge in [-0.25, -0.2) is 0 Å². The highest BCUT2D eigenvalue weighted by Crippen LogP contribution is 2.36. The number of rotatable bonds is 7. The first-order valence-electron chi connectivity index (χ1n) is 8.65. The van der Waals surface area contributed by atoms with Gasteiger partial charge in [0.1, 0.15) is 0 Å². The van der Waals surface area contributed by atoms with Gasteiger partial charge >= 0.3 is 0 Å². The van der Waals surface area contributed by atoms with E-state index in [4.69, 9.17) is 9.47 Å². The Morgan fingerprint density at radius 3 is 2.70 bits per heavy atom. The molecular formula is C20H22N2O4S. The normalized spacial score (nSPS) is 15.5. The molecule has 0 saturated carbocycles. The van der Waals surface area contributed by atoms with Crippen LogP contribution in [0.2, 0.25) is 0 Å². The monoisotopic (exact) mass is 386 g/mol. The van der Waals surface area contributed by atoms with E-state index < -0.39 is 5.25 Å². The van der Waals surface area contributed by atoms with Crippen LogP contribution in [0.1, 0.15) is 12.0 Å². The Morgan fingerprint density at radius 1 is 1.15 bits per heavy atom. The number of amides is 2. The molecule has 2 amide bonds. The van der Waals surface area contributed by atoms with E-state index in [2.05, 4.69) is 10.6 Å². The summed E-state index contributed by atoms with van der Waals surface area (Å²) in [6, 6.07) is 13.3. The van der Waals surface area contributed by atoms with E-state index >= 15 is 0 Å². The fraction of sp³-hybridized carbons (Fsp3) is 0.300. The summed E-state index contributed by atoms with van der Waals surface area (Å²) in [5, 5.41) is 5.32. The Balaban J connectivity index is 1.50. The van der Waals surface area contributed by atoms with Crippen LogP contribution in [0, 0.1) is 0 Å². The lowest BCUT2D eigenvalue weighted by Crippen LogP contribution is -2.35. The van der Waals surface area contributed by atoms with Crippen LogP contribution in [0.3, 0.4) is 0 Å². The quantitative estimate of drug-likeness (QED) is 0.765. The number of hydrogen-bond acceptors (Lipinski definition) is 5. The average Bonchev–Trinajstić information content (AvgIpc) is 2.68. The molecule has 0 saturated heterocycles. The standard InChI is InChI=1S/C20H22N2O4S/c1-25-15-8-7-13(11-16(15)26-2)9-10-21-19(23)12-18-20(24)22-14-5-3-4-6-17(14)27-18/h3-8,11,18H,9-10,12H2,1-2H3,(H,21,23)(H,22,24). The Kier molecular flexibility index (Phi) is 6.24. The predicted molar refractivity (Wildman–Crippen MR) is 106 cm³/mol. The lowest BCUT2D eigenvalue weighted by atomic mass is 10.1. The maximum Gasteiger partial charge on any atom is 0.238 e. The minimum Gasteiger partial charge on any atom is -0.493 e. The first kappa shape index (κ1) is 19.1. The molecule has 1 atom stereocenters. The molecule has 1 aliphatic heterocycles. The van der Waals surface area contributed by atoms with Gasteiger partial charge in [0.05, 0.1) is 25.2 Å². The lowest BCUT2D eigenvalue weighted by molar-refractivity contribution is -0.124. The number of hydrogen-bond donors (Lipinski definition) is 2. The smallest absolute Gasteiger partial charge is 0.238 e. The van der Waals surface area contributed by atoms with Crippen LogP contribution in [0.15, 0.2) is 47.4 Å². The van der Waals surface area contributed by atoms with Gasteiger partial charge in [0.15, 0.2) is 11.5 Å². The van der Waals surface area contributed by atoms with Gasteiger partial charge in [0.2, 0.25) is 11.8 Å². The Hall–Kier alpha value is -2.67. The first-order chi connectivity index (χ1) is 13.1. The van der Waals surface area contributed by atoms with Crippen LogP contribution in [0.5, 0.6) is 11.5 Å². The van der Waals surface area contributed by atoms with E-state index in [1.54, 1.807) is 14.2 Å². The zero-order chi connectivity index (χ0) is 19.2. The molecule has 2 aromatic carbocycles.